The second-order valence-corrected chi connectivity index (χ2v) is 9.08. The van der Waals surface area contributed by atoms with E-state index in [0.717, 1.165) is 29.8 Å². The number of methoxy groups -OCH3 is 1. The van der Waals surface area contributed by atoms with E-state index in [-0.39, 0.29) is 17.1 Å². The van der Waals surface area contributed by atoms with Crippen molar-refractivity contribution in [2.24, 2.45) is 0 Å². The second kappa shape index (κ2) is 9.28. The molecule has 5 rings (SSSR count). The molecule has 0 radical (unpaired) electrons. The molecule has 1 aromatic heterocycles. The van der Waals surface area contributed by atoms with Crippen LogP contribution in [-0.2, 0) is 9.47 Å². The van der Waals surface area contributed by atoms with Gasteiger partial charge in [0.1, 0.15) is 5.58 Å². The molecule has 182 valence electrons. The Bertz CT molecular complexity index is 1350. The molecule has 3 aromatic rings. The summed E-state index contributed by atoms with van der Waals surface area (Å²) in [4.78, 5) is 43.2. The topological polar surface area (TPSA) is 89.3 Å². The lowest BCUT2D eigenvalue weighted by Crippen LogP contribution is -2.42. The summed E-state index contributed by atoms with van der Waals surface area (Å²) in [6.07, 6.45) is 0. The lowest BCUT2D eigenvalue weighted by molar-refractivity contribution is 0.0314. The molecule has 0 saturated carbocycles. The fraction of sp³-hybridized carbons (Fsp3) is 0.370. The third-order valence-corrected chi connectivity index (χ3v) is 6.99. The Morgan fingerprint density at radius 2 is 1.71 bits per heavy atom. The average Bonchev–Trinajstić information content (AvgIpc) is 3.16. The van der Waals surface area contributed by atoms with Gasteiger partial charge in [0.15, 0.2) is 5.43 Å². The van der Waals surface area contributed by atoms with E-state index in [1.807, 2.05) is 26.0 Å². The molecule has 2 aromatic carbocycles. The van der Waals surface area contributed by atoms with Crippen molar-refractivity contribution >= 4 is 22.8 Å². The van der Waals surface area contributed by atoms with E-state index < -0.39 is 12.0 Å². The van der Waals surface area contributed by atoms with Gasteiger partial charge in [-0.1, -0.05) is 12.1 Å². The van der Waals surface area contributed by atoms with Crippen LogP contribution in [0, 0.1) is 13.8 Å². The molecule has 1 atom stereocenters. The van der Waals surface area contributed by atoms with Crippen LogP contribution in [0.4, 0.5) is 0 Å². The summed E-state index contributed by atoms with van der Waals surface area (Å²) in [7, 11) is 1.33. The number of morpholine rings is 1. The Labute approximate surface area is 203 Å². The molecule has 0 bridgehead atoms. The van der Waals surface area contributed by atoms with E-state index in [1.54, 1.807) is 29.2 Å². The molecular formula is C27H28N2O6. The molecule has 3 heterocycles. The first kappa shape index (κ1) is 23.3. The van der Waals surface area contributed by atoms with Crippen LogP contribution in [0.2, 0.25) is 0 Å². The molecule has 2 aliphatic rings. The molecule has 1 amide bonds. The fourth-order valence-electron chi connectivity index (χ4n) is 4.85. The largest absolute Gasteiger partial charge is 0.465 e. The molecule has 35 heavy (non-hydrogen) atoms. The Hall–Kier alpha value is -3.49. The lowest BCUT2D eigenvalue weighted by Gasteiger charge is -2.31. The number of ether oxygens (including phenoxy) is 2. The van der Waals surface area contributed by atoms with Gasteiger partial charge in [0, 0.05) is 26.2 Å². The fourth-order valence-corrected chi connectivity index (χ4v) is 4.85. The Kier molecular flexibility index (Phi) is 6.17. The highest BCUT2D eigenvalue weighted by atomic mass is 16.5. The van der Waals surface area contributed by atoms with Crippen LogP contribution in [0.3, 0.4) is 0 Å². The van der Waals surface area contributed by atoms with Crippen LogP contribution in [0.15, 0.2) is 45.6 Å². The van der Waals surface area contributed by atoms with Crippen LogP contribution < -0.4 is 5.43 Å². The third-order valence-electron chi connectivity index (χ3n) is 6.99. The molecular weight excluding hydrogens is 448 g/mol. The summed E-state index contributed by atoms with van der Waals surface area (Å²) in [5.41, 5.74) is 3.68. The van der Waals surface area contributed by atoms with Gasteiger partial charge >= 0.3 is 5.97 Å². The van der Waals surface area contributed by atoms with Crippen molar-refractivity contribution in [1.29, 1.82) is 0 Å². The number of hydrogen-bond acceptors (Lipinski definition) is 7. The van der Waals surface area contributed by atoms with E-state index in [9.17, 15) is 14.4 Å². The van der Waals surface area contributed by atoms with Gasteiger partial charge in [-0.05, 0) is 54.8 Å². The number of nitrogens with zero attached hydrogens (tertiary/aromatic N) is 2. The number of esters is 1. The highest BCUT2D eigenvalue weighted by Crippen LogP contribution is 2.38. The number of carbonyl (C=O) groups excluding carboxylic acids is 2. The number of aryl methyl sites for hydroxylation is 2. The van der Waals surface area contributed by atoms with Crippen molar-refractivity contribution in [3.63, 3.8) is 0 Å². The van der Waals surface area contributed by atoms with Crippen molar-refractivity contribution in [2.75, 3.05) is 46.5 Å². The molecule has 2 aliphatic heterocycles. The van der Waals surface area contributed by atoms with Gasteiger partial charge in [-0.15, -0.1) is 0 Å². The molecule has 8 heteroatoms. The summed E-state index contributed by atoms with van der Waals surface area (Å²) < 4.78 is 16.3. The highest BCUT2D eigenvalue weighted by Gasteiger charge is 2.42. The second-order valence-electron chi connectivity index (χ2n) is 9.08. The minimum atomic E-state index is -0.604. The predicted molar refractivity (Wildman–Crippen MR) is 130 cm³/mol. The summed E-state index contributed by atoms with van der Waals surface area (Å²) in [6, 6.07) is 9.88. The molecule has 0 spiro atoms. The minimum absolute atomic E-state index is 0.0924. The van der Waals surface area contributed by atoms with E-state index in [1.165, 1.54) is 7.11 Å². The predicted octanol–water partition coefficient (Wildman–Crippen LogP) is 3.07. The van der Waals surface area contributed by atoms with Crippen LogP contribution in [0.5, 0.6) is 0 Å². The van der Waals surface area contributed by atoms with Gasteiger partial charge in [-0.3, -0.25) is 14.5 Å². The first-order valence-electron chi connectivity index (χ1n) is 11.8. The van der Waals surface area contributed by atoms with Crippen molar-refractivity contribution in [3.8, 4) is 0 Å². The standard InChI is InChI=1S/C27H28N2O6/c1-16-14-20-21(15-17(16)2)35-25-22(24(20)30)23(18-4-6-19(7-5-18)27(32)33-3)29(26(25)31)9-8-28-10-12-34-13-11-28/h4-7,14-15,23H,8-13H2,1-3H3/t23-/m0/s1. The van der Waals surface area contributed by atoms with Crippen molar-refractivity contribution in [3.05, 3.63) is 80.2 Å². The van der Waals surface area contributed by atoms with E-state index in [4.69, 9.17) is 13.9 Å². The van der Waals surface area contributed by atoms with Gasteiger partial charge in [0.05, 0.1) is 42.9 Å². The Morgan fingerprint density at radius 3 is 2.40 bits per heavy atom. The van der Waals surface area contributed by atoms with Gasteiger partial charge in [0.2, 0.25) is 5.76 Å². The molecule has 0 N–H and O–H groups in total. The highest BCUT2D eigenvalue weighted by molar-refractivity contribution is 5.99. The number of amides is 1. The first-order chi connectivity index (χ1) is 16.9. The minimum Gasteiger partial charge on any atom is -0.465 e. The molecule has 1 saturated heterocycles. The van der Waals surface area contributed by atoms with E-state index >= 15 is 0 Å². The van der Waals surface area contributed by atoms with E-state index in [0.29, 0.717) is 48.4 Å². The number of carbonyl (C=O) groups is 2. The maximum absolute atomic E-state index is 13.7. The Morgan fingerprint density at radius 1 is 1.03 bits per heavy atom. The zero-order chi connectivity index (χ0) is 24.7. The Balaban J connectivity index is 1.60. The molecule has 8 nitrogen and oxygen atoms in total. The zero-order valence-corrected chi connectivity index (χ0v) is 20.1. The van der Waals surface area contributed by atoms with Crippen LogP contribution >= 0.6 is 0 Å². The van der Waals surface area contributed by atoms with Crippen molar-refractivity contribution in [1.82, 2.24) is 9.80 Å². The summed E-state index contributed by atoms with van der Waals surface area (Å²) in [6.45, 7) is 7.91. The first-order valence-corrected chi connectivity index (χ1v) is 11.8. The third kappa shape index (κ3) is 4.13. The lowest BCUT2D eigenvalue weighted by atomic mass is 9.96. The molecule has 0 aliphatic carbocycles. The van der Waals surface area contributed by atoms with Gasteiger partial charge in [-0.25, -0.2) is 4.79 Å². The smallest absolute Gasteiger partial charge is 0.337 e. The average molecular weight is 477 g/mol. The van der Waals surface area contributed by atoms with Crippen molar-refractivity contribution in [2.45, 2.75) is 19.9 Å². The van der Waals surface area contributed by atoms with Crippen LogP contribution in [0.1, 0.15) is 49.2 Å². The van der Waals surface area contributed by atoms with Gasteiger partial charge in [0.25, 0.3) is 5.91 Å². The van der Waals surface area contributed by atoms with Gasteiger partial charge in [-0.2, -0.15) is 0 Å². The maximum atomic E-state index is 13.7. The quantitative estimate of drug-likeness (QED) is 0.523. The molecule has 0 unspecified atom stereocenters. The zero-order valence-electron chi connectivity index (χ0n) is 20.1. The van der Waals surface area contributed by atoms with Crippen LogP contribution in [-0.4, -0.2) is 68.2 Å². The van der Waals surface area contributed by atoms with Crippen LogP contribution in [0.25, 0.3) is 11.0 Å². The van der Waals surface area contributed by atoms with Gasteiger partial charge < -0.3 is 18.8 Å². The summed E-state index contributed by atoms with van der Waals surface area (Å²) >= 11 is 0. The summed E-state index contributed by atoms with van der Waals surface area (Å²) in [5, 5.41) is 0.464. The normalized spacial score (nSPS) is 18.2. The number of hydrogen-bond donors (Lipinski definition) is 0. The number of benzene rings is 2. The summed E-state index contributed by atoms with van der Waals surface area (Å²) in [5.74, 6) is -0.651. The van der Waals surface area contributed by atoms with E-state index in [2.05, 4.69) is 4.90 Å². The monoisotopic (exact) mass is 476 g/mol. The number of fused-ring (bicyclic) bond motifs is 2. The maximum Gasteiger partial charge on any atom is 0.337 e. The SMILES string of the molecule is COC(=O)c1ccc([C@H]2c3c(oc4cc(C)c(C)cc4c3=O)C(=O)N2CCN2CCOCC2)cc1. The number of rotatable bonds is 5. The molecule has 1 fully saturated rings. The van der Waals surface area contributed by atoms with Crippen molar-refractivity contribution < 1.29 is 23.5 Å².